The van der Waals surface area contributed by atoms with Gasteiger partial charge in [-0.25, -0.2) is 19.4 Å². The Labute approximate surface area is 176 Å². The first-order valence-electron chi connectivity index (χ1n) is 9.42. The highest BCUT2D eigenvalue weighted by molar-refractivity contribution is 6.13. The van der Waals surface area contributed by atoms with Crippen molar-refractivity contribution in [1.82, 2.24) is 24.6 Å². The zero-order chi connectivity index (χ0) is 22.1. The number of benzene rings is 1. The summed E-state index contributed by atoms with van der Waals surface area (Å²) in [4.78, 5) is 33.9. The minimum atomic E-state index is -1.00. The summed E-state index contributed by atoms with van der Waals surface area (Å²) in [7, 11) is 3.02. The SMILES string of the molecule is COc1cc(NC(=O)c2nn([C@H]3CCN(C(=O)O)C3)c3ncnc(N)c23)cc(OC)c1. The van der Waals surface area contributed by atoms with Gasteiger partial charge in [0, 0.05) is 37.0 Å². The number of nitrogen functional groups attached to an aromatic ring is 1. The first-order chi connectivity index (χ1) is 14.9. The molecular weight excluding hydrogens is 406 g/mol. The molecule has 0 saturated carbocycles. The second kappa shape index (κ2) is 7.97. The van der Waals surface area contributed by atoms with E-state index in [-0.39, 0.29) is 24.1 Å². The summed E-state index contributed by atoms with van der Waals surface area (Å²) in [5.74, 6) is 0.603. The number of amides is 2. The largest absolute Gasteiger partial charge is 0.497 e. The van der Waals surface area contributed by atoms with Crippen LogP contribution in [0.5, 0.6) is 11.5 Å². The highest BCUT2D eigenvalue weighted by Crippen LogP contribution is 2.30. The van der Waals surface area contributed by atoms with E-state index in [0.29, 0.717) is 41.2 Å². The number of carboxylic acid groups (broad SMARTS) is 1. The average Bonchev–Trinajstić information content (AvgIpc) is 3.39. The van der Waals surface area contributed by atoms with Gasteiger partial charge in [0.2, 0.25) is 0 Å². The lowest BCUT2D eigenvalue weighted by Crippen LogP contribution is -2.27. The molecule has 0 radical (unpaired) electrons. The van der Waals surface area contributed by atoms with Crippen LogP contribution in [0.15, 0.2) is 24.5 Å². The van der Waals surface area contributed by atoms with Crippen LogP contribution in [-0.4, -0.2) is 69.1 Å². The number of nitrogens with one attached hydrogen (secondary N) is 1. The number of anilines is 2. The molecule has 1 aliphatic rings. The van der Waals surface area contributed by atoms with Gasteiger partial charge in [-0.05, 0) is 6.42 Å². The number of hydrogen-bond acceptors (Lipinski definition) is 8. The van der Waals surface area contributed by atoms with E-state index < -0.39 is 12.0 Å². The van der Waals surface area contributed by atoms with Crippen molar-refractivity contribution in [2.75, 3.05) is 38.4 Å². The number of methoxy groups -OCH3 is 2. The van der Waals surface area contributed by atoms with Gasteiger partial charge in [-0.3, -0.25) is 4.79 Å². The van der Waals surface area contributed by atoms with E-state index >= 15 is 0 Å². The van der Waals surface area contributed by atoms with Gasteiger partial charge in [0.1, 0.15) is 23.6 Å². The topological polar surface area (TPSA) is 158 Å². The number of carbonyl (C=O) groups excluding carboxylic acids is 1. The summed E-state index contributed by atoms with van der Waals surface area (Å²) in [6.07, 6.45) is 0.827. The summed E-state index contributed by atoms with van der Waals surface area (Å²) in [5.41, 5.74) is 6.90. The molecule has 1 saturated heterocycles. The minimum Gasteiger partial charge on any atom is -0.497 e. The van der Waals surface area contributed by atoms with Crippen molar-refractivity contribution in [3.05, 3.63) is 30.2 Å². The van der Waals surface area contributed by atoms with Gasteiger partial charge in [-0.2, -0.15) is 5.10 Å². The number of nitrogens with zero attached hydrogens (tertiary/aromatic N) is 5. The Hall–Kier alpha value is -4.09. The van der Waals surface area contributed by atoms with Crippen molar-refractivity contribution < 1.29 is 24.2 Å². The van der Waals surface area contributed by atoms with Crippen LogP contribution in [0, 0.1) is 0 Å². The molecule has 1 fully saturated rings. The molecule has 162 valence electrons. The van der Waals surface area contributed by atoms with Crippen molar-refractivity contribution in [2.45, 2.75) is 12.5 Å². The van der Waals surface area contributed by atoms with Crippen LogP contribution in [0.2, 0.25) is 0 Å². The molecule has 31 heavy (non-hydrogen) atoms. The van der Waals surface area contributed by atoms with Crippen LogP contribution in [0.4, 0.5) is 16.3 Å². The molecule has 4 rings (SSSR count). The average molecular weight is 427 g/mol. The Balaban J connectivity index is 1.71. The Kier molecular flexibility index (Phi) is 5.19. The van der Waals surface area contributed by atoms with Gasteiger partial charge < -0.3 is 30.5 Å². The molecular formula is C19H21N7O5. The Morgan fingerprint density at radius 3 is 2.52 bits per heavy atom. The number of carbonyl (C=O) groups is 2. The highest BCUT2D eigenvalue weighted by Gasteiger charge is 2.31. The smallest absolute Gasteiger partial charge is 0.407 e. The minimum absolute atomic E-state index is 0.0451. The number of hydrogen-bond donors (Lipinski definition) is 3. The molecule has 0 aliphatic carbocycles. The molecule has 4 N–H and O–H groups in total. The fourth-order valence-electron chi connectivity index (χ4n) is 3.59. The molecule has 3 heterocycles. The van der Waals surface area contributed by atoms with Gasteiger partial charge in [-0.1, -0.05) is 0 Å². The summed E-state index contributed by atoms with van der Waals surface area (Å²) in [6.45, 7) is 0.608. The second-order valence-corrected chi connectivity index (χ2v) is 6.98. The fourth-order valence-corrected chi connectivity index (χ4v) is 3.59. The number of fused-ring (bicyclic) bond motifs is 1. The zero-order valence-electron chi connectivity index (χ0n) is 16.9. The van der Waals surface area contributed by atoms with Crippen molar-refractivity contribution in [3.63, 3.8) is 0 Å². The van der Waals surface area contributed by atoms with Crippen molar-refractivity contribution in [2.24, 2.45) is 0 Å². The van der Waals surface area contributed by atoms with Gasteiger partial charge >= 0.3 is 6.09 Å². The van der Waals surface area contributed by atoms with E-state index in [1.54, 1.807) is 22.9 Å². The summed E-state index contributed by atoms with van der Waals surface area (Å²) in [5, 5.41) is 16.8. The Morgan fingerprint density at radius 1 is 1.19 bits per heavy atom. The van der Waals surface area contributed by atoms with Gasteiger partial charge in [-0.15, -0.1) is 0 Å². The third-order valence-electron chi connectivity index (χ3n) is 5.12. The van der Waals surface area contributed by atoms with Crippen LogP contribution in [0.1, 0.15) is 23.0 Å². The van der Waals surface area contributed by atoms with E-state index in [1.165, 1.54) is 25.4 Å². The molecule has 12 heteroatoms. The van der Waals surface area contributed by atoms with Crippen LogP contribution in [-0.2, 0) is 0 Å². The third kappa shape index (κ3) is 3.74. The molecule has 1 atom stereocenters. The predicted molar refractivity (Wildman–Crippen MR) is 110 cm³/mol. The van der Waals surface area contributed by atoms with Crippen molar-refractivity contribution in [1.29, 1.82) is 0 Å². The van der Waals surface area contributed by atoms with E-state index in [2.05, 4.69) is 20.4 Å². The first-order valence-corrected chi connectivity index (χ1v) is 9.42. The lowest BCUT2D eigenvalue weighted by atomic mass is 10.2. The van der Waals surface area contributed by atoms with Crippen LogP contribution >= 0.6 is 0 Å². The van der Waals surface area contributed by atoms with E-state index in [1.807, 2.05) is 0 Å². The molecule has 1 aliphatic heterocycles. The van der Waals surface area contributed by atoms with Crippen LogP contribution in [0.25, 0.3) is 11.0 Å². The molecule has 0 spiro atoms. The number of ether oxygens (including phenoxy) is 2. The van der Waals surface area contributed by atoms with Crippen LogP contribution in [0.3, 0.4) is 0 Å². The summed E-state index contributed by atoms with van der Waals surface area (Å²) < 4.78 is 12.0. The highest BCUT2D eigenvalue weighted by atomic mass is 16.5. The van der Waals surface area contributed by atoms with E-state index in [0.717, 1.165) is 0 Å². The molecule has 2 aromatic heterocycles. The number of rotatable bonds is 5. The third-order valence-corrected chi connectivity index (χ3v) is 5.12. The molecule has 2 amide bonds. The maximum absolute atomic E-state index is 13.1. The van der Waals surface area contributed by atoms with Crippen molar-refractivity contribution in [3.8, 4) is 11.5 Å². The maximum atomic E-state index is 13.1. The Morgan fingerprint density at radius 2 is 1.90 bits per heavy atom. The monoisotopic (exact) mass is 427 g/mol. The molecule has 0 bridgehead atoms. The van der Waals surface area contributed by atoms with Gasteiger partial charge in [0.15, 0.2) is 11.3 Å². The van der Waals surface area contributed by atoms with E-state index in [4.69, 9.17) is 15.2 Å². The normalized spacial score (nSPS) is 15.8. The fraction of sp³-hybridized carbons (Fsp3) is 0.316. The summed E-state index contributed by atoms with van der Waals surface area (Å²) in [6, 6.07) is 4.69. The van der Waals surface area contributed by atoms with Gasteiger partial charge in [0.25, 0.3) is 5.91 Å². The molecule has 1 aromatic carbocycles. The quantitative estimate of drug-likeness (QED) is 0.550. The summed E-state index contributed by atoms with van der Waals surface area (Å²) >= 11 is 0. The number of aromatic nitrogens is 4. The molecule has 0 unspecified atom stereocenters. The van der Waals surface area contributed by atoms with Crippen molar-refractivity contribution >= 4 is 34.5 Å². The lowest BCUT2D eigenvalue weighted by Gasteiger charge is -2.13. The predicted octanol–water partition coefficient (Wildman–Crippen LogP) is 1.60. The first kappa shape index (κ1) is 20.2. The number of likely N-dealkylation sites (tertiary alicyclic amines) is 1. The van der Waals surface area contributed by atoms with Gasteiger partial charge in [0.05, 0.1) is 25.6 Å². The lowest BCUT2D eigenvalue weighted by molar-refractivity contribution is 0.102. The molecule has 3 aromatic rings. The molecule has 12 nitrogen and oxygen atoms in total. The Bertz CT molecular complexity index is 1140. The maximum Gasteiger partial charge on any atom is 0.407 e. The van der Waals surface area contributed by atoms with Crippen LogP contribution < -0.4 is 20.5 Å². The zero-order valence-corrected chi connectivity index (χ0v) is 16.9. The number of nitrogens with two attached hydrogens (primary N) is 1. The van der Waals surface area contributed by atoms with E-state index in [9.17, 15) is 14.7 Å². The second-order valence-electron chi connectivity index (χ2n) is 6.98. The standard InChI is InChI=1S/C19H21N7O5/c1-30-12-5-10(6-13(7-12)31-2)23-18(27)15-14-16(20)21-9-22-17(14)26(24-15)11-3-4-25(8-11)19(28)29/h5-7,9,11H,3-4,8H2,1-2H3,(H,23,27)(H,28,29)(H2,20,21,22)/t11-/m0/s1.